The molecule has 2 atom stereocenters. The lowest BCUT2D eigenvalue weighted by atomic mass is 9.94. The number of halogens is 1. The summed E-state index contributed by atoms with van der Waals surface area (Å²) in [7, 11) is 0. The number of carbonyl (C=O) groups is 1. The average Bonchev–Trinajstić information content (AvgIpc) is 2.36. The van der Waals surface area contributed by atoms with E-state index >= 15 is 0 Å². The second kappa shape index (κ2) is 6.21. The highest BCUT2D eigenvalue weighted by molar-refractivity contribution is 6.30. The third kappa shape index (κ3) is 3.72. The zero-order chi connectivity index (χ0) is 13.0. The van der Waals surface area contributed by atoms with Crippen LogP contribution in [-0.2, 0) is 11.3 Å². The largest absolute Gasteiger partial charge is 0.351 e. The minimum absolute atomic E-state index is 0.0482. The SMILES string of the molecule is CC1CCNC(C(=O)NCc2cccc(Cl)c2)C1. The van der Waals surface area contributed by atoms with Crippen LogP contribution in [0.5, 0.6) is 0 Å². The molecule has 0 aromatic heterocycles. The summed E-state index contributed by atoms with van der Waals surface area (Å²) in [5.74, 6) is 0.703. The molecule has 3 nitrogen and oxygen atoms in total. The first-order valence-electron chi connectivity index (χ1n) is 6.40. The first-order chi connectivity index (χ1) is 8.65. The molecule has 0 saturated carbocycles. The van der Waals surface area contributed by atoms with Crippen molar-refractivity contribution in [3.63, 3.8) is 0 Å². The molecule has 98 valence electrons. The molecule has 2 unspecified atom stereocenters. The molecule has 1 aliphatic heterocycles. The molecule has 18 heavy (non-hydrogen) atoms. The van der Waals surface area contributed by atoms with Gasteiger partial charge < -0.3 is 10.6 Å². The standard InChI is InChI=1S/C14H19ClN2O/c1-10-5-6-16-13(7-10)14(18)17-9-11-3-2-4-12(15)8-11/h2-4,8,10,13,16H,5-7,9H2,1H3,(H,17,18). The van der Waals surface area contributed by atoms with Crippen LogP contribution in [0.3, 0.4) is 0 Å². The van der Waals surface area contributed by atoms with Gasteiger partial charge in [0.15, 0.2) is 0 Å². The van der Waals surface area contributed by atoms with Crippen molar-refractivity contribution < 1.29 is 4.79 Å². The zero-order valence-corrected chi connectivity index (χ0v) is 11.3. The predicted octanol–water partition coefficient (Wildman–Crippen LogP) is 2.34. The molecule has 1 aromatic carbocycles. The molecule has 0 radical (unpaired) electrons. The smallest absolute Gasteiger partial charge is 0.237 e. The van der Waals surface area contributed by atoms with Crippen molar-refractivity contribution in [2.45, 2.75) is 32.4 Å². The van der Waals surface area contributed by atoms with Crippen LogP contribution in [0.2, 0.25) is 5.02 Å². The summed E-state index contributed by atoms with van der Waals surface area (Å²) >= 11 is 5.90. The van der Waals surface area contributed by atoms with Crippen LogP contribution in [0.4, 0.5) is 0 Å². The van der Waals surface area contributed by atoms with E-state index in [9.17, 15) is 4.79 Å². The Hall–Kier alpha value is -1.06. The highest BCUT2D eigenvalue weighted by Gasteiger charge is 2.23. The van der Waals surface area contributed by atoms with E-state index < -0.39 is 0 Å². The van der Waals surface area contributed by atoms with E-state index in [0.717, 1.165) is 24.9 Å². The van der Waals surface area contributed by atoms with Gasteiger partial charge in [-0.15, -0.1) is 0 Å². The molecule has 2 rings (SSSR count). The number of piperidine rings is 1. The van der Waals surface area contributed by atoms with Crippen molar-refractivity contribution in [1.82, 2.24) is 10.6 Å². The quantitative estimate of drug-likeness (QED) is 0.882. The molecule has 1 aromatic rings. The summed E-state index contributed by atoms with van der Waals surface area (Å²) in [6, 6.07) is 7.51. The maximum absolute atomic E-state index is 12.0. The van der Waals surface area contributed by atoms with Crippen molar-refractivity contribution >= 4 is 17.5 Å². The fourth-order valence-electron chi connectivity index (χ4n) is 2.27. The third-order valence-corrected chi connectivity index (χ3v) is 3.57. The topological polar surface area (TPSA) is 41.1 Å². The van der Waals surface area contributed by atoms with Crippen molar-refractivity contribution in [2.75, 3.05) is 6.54 Å². The number of benzene rings is 1. The van der Waals surface area contributed by atoms with Crippen molar-refractivity contribution in [1.29, 1.82) is 0 Å². The van der Waals surface area contributed by atoms with Crippen LogP contribution in [0.15, 0.2) is 24.3 Å². The van der Waals surface area contributed by atoms with Crippen LogP contribution in [-0.4, -0.2) is 18.5 Å². The lowest BCUT2D eigenvalue weighted by Gasteiger charge is -2.27. The summed E-state index contributed by atoms with van der Waals surface area (Å²) in [5.41, 5.74) is 1.03. The van der Waals surface area contributed by atoms with E-state index in [0.29, 0.717) is 17.5 Å². The zero-order valence-electron chi connectivity index (χ0n) is 10.6. The minimum atomic E-state index is -0.0482. The van der Waals surface area contributed by atoms with Crippen molar-refractivity contribution in [3.05, 3.63) is 34.9 Å². The van der Waals surface area contributed by atoms with E-state index in [4.69, 9.17) is 11.6 Å². The van der Waals surface area contributed by atoms with Gasteiger partial charge >= 0.3 is 0 Å². The van der Waals surface area contributed by atoms with Crippen LogP contribution in [0.25, 0.3) is 0 Å². The number of rotatable bonds is 3. The predicted molar refractivity (Wildman–Crippen MR) is 73.5 cm³/mol. The maximum Gasteiger partial charge on any atom is 0.237 e. The number of amides is 1. The van der Waals surface area contributed by atoms with Gasteiger partial charge in [0, 0.05) is 11.6 Å². The third-order valence-electron chi connectivity index (χ3n) is 3.34. The molecule has 1 saturated heterocycles. The average molecular weight is 267 g/mol. The second-order valence-electron chi connectivity index (χ2n) is 4.98. The first-order valence-corrected chi connectivity index (χ1v) is 6.78. The van der Waals surface area contributed by atoms with Gasteiger partial charge in [0.1, 0.15) is 0 Å². The number of nitrogens with one attached hydrogen (secondary N) is 2. The van der Waals surface area contributed by atoms with E-state index in [2.05, 4.69) is 17.6 Å². The van der Waals surface area contributed by atoms with E-state index in [1.54, 1.807) is 0 Å². The highest BCUT2D eigenvalue weighted by Crippen LogP contribution is 2.15. The van der Waals surface area contributed by atoms with E-state index in [1.807, 2.05) is 24.3 Å². The Morgan fingerprint density at radius 2 is 2.39 bits per heavy atom. The monoisotopic (exact) mass is 266 g/mol. The Morgan fingerprint density at radius 1 is 1.56 bits per heavy atom. The first kappa shape index (κ1) is 13.4. The van der Waals surface area contributed by atoms with Gasteiger partial charge in [-0.05, 0) is 43.0 Å². The maximum atomic E-state index is 12.0. The molecule has 0 bridgehead atoms. The van der Waals surface area contributed by atoms with E-state index in [1.165, 1.54) is 0 Å². The summed E-state index contributed by atoms with van der Waals surface area (Å²) in [6.07, 6.45) is 2.07. The Bertz CT molecular complexity index is 422. The van der Waals surface area contributed by atoms with Crippen LogP contribution < -0.4 is 10.6 Å². The van der Waals surface area contributed by atoms with Crippen LogP contribution in [0.1, 0.15) is 25.3 Å². The van der Waals surface area contributed by atoms with Gasteiger partial charge in [-0.3, -0.25) is 4.79 Å². The van der Waals surface area contributed by atoms with Gasteiger partial charge in [-0.1, -0.05) is 30.7 Å². The molecule has 0 aliphatic carbocycles. The number of carbonyl (C=O) groups excluding carboxylic acids is 1. The molecular formula is C14H19ClN2O. The lowest BCUT2D eigenvalue weighted by molar-refractivity contribution is -0.124. The van der Waals surface area contributed by atoms with Crippen LogP contribution in [0, 0.1) is 5.92 Å². The Labute approximate surface area is 113 Å². The summed E-state index contributed by atoms with van der Waals surface area (Å²) in [6.45, 7) is 3.65. The molecule has 1 fully saturated rings. The Balaban J connectivity index is 1.84. The number of hydrogen-bond acceptors (Lipinski definition) is 2. The summed E-state index contributed by atoms with van der Waals surface area (Å²) in [5, 5.41) is 6.92. The Morgan fingerprint density at radius 3 is 3.11 bits per heavy atom. The van der Waals surface area contributed by atoms with Crippen LogP contribution >= 0.6 is 11.6 Å². The fraction of sp³-hybridized carbons (Fsp3) is 0.500. The Kier molecular flexibility index (Phi) is 4.61. The van der Waals surface area contributed by atoms with Gasteiger partial charge in [-0.2, -0.15) is 0 Å². The summed E-state index contributed by atoms with van der Waals surface area (Å²) < 4.78 is 0. The normalized spacial score (nSPS) is 23.7. The van der Waals surface area contributed by atoms with Gasteiger partial charge in [0.05, 0.1) is 6.04 Å². The van der Waals surface area contributed by atoms with Crippen molar-refractivity contribution in [2.24, 2.45) is 5.92 Å². The molecule has 1 heterocycles. The molecule has 2 N–H and O–H groups in total. The highest BCUT2D eigenvalue weighted by atomic mass is 35.5. The van der Waals surface area contributed by atoms with Gasteiger partial charge in [-0.25, -0.2) is 0 Å². The minimum Gasteiger partial charge on any atom is -0.351 e. The molecular weight excluding hydrogens is 248 g/mol. The van der Waals surface area contributed by atoms with Gasteiger partial charge in [0.25, 0.3) is 0 Å². The fourth-order valence-corrected chi connectivity index (χ4v) is 2.48. The van der Waals surface area contributed by atoms with Gasteiger partial charge in [0.2, 0.25) is 5.91 Å². The van der Waals surface area contributed by atoms with E-state index in [-0.39, 0.29) is 11.9 Å². The van der Waals surface area contributed by atoms with Crippen molar-refractivity contribution in [3.8, 4) is 0 Å². The molecule has 1 aliphatic rings. The molecule has 4 heteroatoms. The second-order valence-corrected chi connectivity index (χ2v) is 5.42. The lowest BCUT2D eigenvalue weighted by Crippen LogP contribution is -2.48. The molecule has 0 spiro atoms. The summed E-state index contributed by atoms with van der Waals surface area (Å²) in [4.78, 5) is 12.0. The number of hydrogen-bond donors (Lipinski definition) is 2. The molecule has 1 amide bonds.